The minimum absolute atomic E-state index is 0.147. The van der Waals surface area contributed by atoms with E-state index in [2.05, 4.69) is 11.4 Å². The predicted octanol–water partition coefficient (Wildman–Crippen LogP) is 2.84. The molecule has 0 heterocycles. The first-order valence-corrected chi connectivity index (χ1v) is 4.82. The Labute approximate surface area is 84.6 Å². The van der Waals surface area contributed by atoms with Crippen LogP contribution >= 0.6 is 0 Å². The van der Waals surface area contributed by atoms with Crippen LogP contribution in [0.15, 0.2) is 30.3 Å². The van der Waals surface area contributed by atoms with Crippen molar-refractivity contribution in [3.05, 3.63) is 41.7 Å². The highest BCUT2D eigenvalue weighted by atomic mass is 19.1. The maximum absolute atomic E-state index is 13.3. The average Bonchev–Trinajstić information content (AvgIpc) is 2.18. The number of hydrogen-bond acceptors (Lipinski definition) is 1. The van der Waals surface area contributed by atoms with Gasteiger partial charge in [-0.05, 0) is 38.6 Å². The summed E-state index contributed by atoms with van der Waals surface area (Å²) in [5.74, 6) is -0.147. The summed E-state index contributed by atoms with van der Waals surface area (Å²) in [6, 6.07) is 6.86. The van der Waals surface area contributed by atoms with Gasteiger partial charge in [0.1, 0.15) is 5.82 Å². The number of nitrogens with one attached hydrogen (secondary N) is 1. The van der Waals surface area contributed by atoms with Gasteiger partial charge in [0, 0.05) is 5.56 Å². The Balaban J connectivity index is 2.73. The third-order valence-electron chi connectivity index (χ3n) is 2.14. The van der Waals surface area contributed by atoms with Gasteiger partial charge >= 0.3 is 0 Å². The first-order chi connectivity index (χ1) is 6.75. The molecule has 0 saturated carbocycles. The Morgan fingerprint density at radius 2 is 2.14 bits per heavy atom. The zero-order valence-corrected chi connectivity index (χ0v) is 8.68. The number of benzene rings is 1. The van der Waals surface area contributed by atoms with Gasteiger partial charge in [0.25, 0.3) is 0 Å². The largest absolute Gasteiger partial charge is 0.319 e. The maximum atomic E-state index is 13.3. The van der Waals surface area contributed by atoms with Gasteiger partial charge in [-0.1, -0.05) is 24.3 Å². The second-order valence-electron chi connectivity index (χ2n) is 3.26. The lowest BCUT2D eigenvalue weighted by atomic mass is 10.1. The first kappa shape index (κ1) is 10.9. The van der Waals surface area contributed by atoms with Gasteiger partial charge < -0.3 is 5.32 Å². The molecule has 1 nitrogen and oxygen atoms in total. The van der Waals surface area contributed by atoms with Gasteiger partial charge in [0.05, 0.1) is 0 Å². The summed E-state index contributed by atoms with van der Waals surface area (Å²) in [5.41, 5.74) is 1.70. The number of halogens is 1. The SMILES string of the molecule is CNCCC=C(C)c1ccccc1F. The third kappa shape index (κ3) is 2.96. The summed E-state index contributed by atoms with van der Waals surface area (Å²) in [5, 5.41) is 3.05. The zero-order chi connectivity index (χ0) is 10.4. The van der Waals surface area contributed by atoms with E-state index in [0.29, 0.717) is 5.56 Å². The lowest BCUT2D eigenvalue weighted by Gasteiger charge is -2.03. The van der Waals surface area contributed by atoms with Gasteiger partial charge in [-0.15, -0.1) is 0 Å². The monoisotopic (exact) mass is 193 g/mol. The molecule has 1 aromatic rings. The molecule has 2 heteroatoms. The van der Waals surface area contributed by atoms with E-state index in [1.807, 2.05) is 20.0 Å². The van der Waals surface area contributed by atoms with Crippen molar-refractivity contribution in [1.29, 1.82) is 0 Å². The molecule has 0 aromatic heterocycles. The fourth-order valence-electron chi connectivity index (χ4n) is 1.32. The second-order valence-corrected chi connectivity index (χ2v) is 3.26. The minimum Gasteiger partial charge on any atom is -0.319 e. The van der Waals surface area contributed by atoms with Crippen LogP contribution in [-0.4, -0.2) is 13.6 Å². The molecule has 0 saturated heterocycles. The van der Waals surface area contributed by atoms with Crippen LogP contribution in [0.2, 0.25) is 0 Å². The summed E-state index contributed by atoms with van der Waals surface area (Å²) in [6.07, 6.45) is 2.98. The highest BCUT2D eigenvalue weighted by molar-refractivity contribution is 5.63. The van der Waals surface area contributed by atoms with E-state index in [1.165, 1.54) is 6.07 Å². The van der Waals surface area contributed by atoms with Crippen LogP contribution in [0.5, 0.6) is 0 Å². The van der Waals surface area contributed by atoms with Crippen molar-refractivity contribution in [3.63, 3.8) is 0 Å². The number of rotatable bonds is 4. The Morgan fingerprint density at radius 3 is 2.79 bits per heavy atom. The zero-order valence-electron chi connectivity index (χ0n) is 8.68. The predicted molar refractivity (Wildman–Crippen MR) is 58.6 cm³/mol. The van der Waals surface area contributed by atoms with Gasteiger partial charge in [0.15, 0.2) is 0 Å². The van der Waals surface area contributed by atoms with E-state index in [4.69, 9.17) is 0 Å². The molecule has 0 aliphatic carbocycles. The van der Waals surface area contributed by atoms with Crippen LogP contribution in [0, 0.1) is 5.82 Å². The van der Waals surface area contributed by atoms with E-state index in [-0.39, 0.29) is 5.82 Å². The van der Waals surface area contributed by atoms with Crippen molar-refractivity contribution >= 4 is 5.57 Å². The van der Waals surface area contributed by atoms with Gasteiger partial charge in [-0.25, -0.2) is 4.39 Å². The first-order valence-electron chi connectivity index (χ1n) is 4.82. The topological polar surface area (TPSA) is 12.0 Å². The molecule has 0 radical (unpaired) electrons. The van der Waals surface area contributed by atoms with Crippen LogP contribution < -0.4 is 5.32 Å². The van der Waals surface area contributed by atoms with Crippen molar-refractivity contribution in [2.24, 2.45) is 0 Å². The molecule has 0 aliphatic rings. The summed E-state index contributed by atoms with van der Waals surface area (Å²) < 4.78 is 13.3. The Kier molecular flexibility index (Phi) is 4.33. The summed E-state index contributed by atoms with van der Waals surface area (Å²) >= 11 is 0. The highest BCUT2D eigenvalue weighted by Gasteiger charge is 2.00. The molecule has 1 rings (SSSR count). The summed E-state index contributed by atoms with van der Waals surface area (Å²) in [6.45, 7) is 2.86. The Hall–Kier alpha value is -1.15. The van der Waals surface area contributed by atoms with E-state index in [0.717, 1.165) is 18.5 Å². The molecule has 0 aliphatic heterocycles. The lowest BCUT2D eigenvalue weighted by Crippen LogP contribution is -2.06. The standard InChI is InChI=1S/C12H16FN/c1-10(6-5-9-14-2)11-7-3-4-8-12(11)13/h3-4,6-8,14H,5,9H2,1-2H3. The summed E-state index contributed by atoms with van der Waals surface area (Å²) in [4.78, 5) is 0. The van der Waals surface area contributed by atoms with Gasteiger partial charge in [-0.3, -0.25) is 0 Å². The van der Waals surface area contributed by atoms with Gasteiger partial charge in [-0.2, -0.15) is 0 Å². The molecular weight excluding hydrogens is 177 g/mol. The van der Waals surface area contributed by atoms with Crippen LogP contribution in [-0.2, 0) is 0 Å². The molecular formula is C12H16FN. The Bertz CT molecular complexity index is 318. The maximum Gasteiger partial charge on any atom is 0.130 e. The van der Waals surface area contributed by atoms with Crippen molar-refractivity contribution in [3.8, 4) is 0 Å². The molecule has 1 aromatic carbocycles. The molecule has 14 heavy (non-hydrogen) atoms. The minimum atomic E-state index is -0.147. The molecule has 1 N–H and O–H groups in total. The molecule has 0 spiro atoms. The van der Waals surface area contributed by atoms with Crippen LogP contribution in [0.3, 0.4) is 0 Å². The molecule has 76 valence electrons. The van der Waals surface area contributed by atoms with Crippen LogP contribution in [0.1, 0.15) is 18.9 Å². The quantitative estimate of drug-likeness (QED) is 0.725. The number of hydrogen-bond donors (Lipinski definition) is 1. The lowest BCUT2D eigenvalue weighted by molar-refractivity contribution is 0.624. The summed E-state index contributed by atoms with van der Waals surface area (Å²) in [7, 11) is 1.91. The molecule has 0 amide bonds. The highest BCUT2D eigenvalue weighted by Crippen LogP contribution is 2.17. The van der Waals surface area contributed by atoms with Gasteiger partial charge in [0.2, 0.25) is 0 Å². The van der Waals surface area contributed by atoms with Crippen molar-refractivity contribution in [2.45, 2.75) is 13.3 Å². The van der Waals surface area contributed by atoms with Crippen LogP contribution in [0.4, 0.5) is 4.39 Å². The van der Waals surface area contributed by atoms with E-state index < -0.39 is 0 Å². The normalized spacial score (nSPS) is 11.8. The van der Waals surface area contributed by atoms with Crippen molar-refractivity contribution < 1.29 is 4.39 Å². The Morgan fingerprint density at radius 1 is 1.43 bits per heavy atom. The fraction of sp³-hybridized carbons (Fsp3) is 0.333. The van der Waals surface area contributed by atoms with E-state index in [9.17, 15) is 4.39 Å². The van der Waals surface area contributed by atoms with Crippen molar-refractivity contribution in [2.75, 3.05) is 13.6 Å². The molecule has 0 unspecified atom stereocenters. The molecule has 0 bridgehead atoms. The molecule has 0 atom stereocenters. The fourth-order valence-corrected chi connectivity index (χ4v) is 1.32. The van der Waals surface area contributed by atoms with E-state index in [1.54, 1.807) is 12.1 Å². The van der Waals surface area contributed by atoms with Crippen LogP contribution in [0.25, 0.3) is 5.57 Å². The second kappa shape index (κ2) is 5.55. The van der Waals surface area contributed by atoms with E-state index >= 15 is 0 Å². The third-order valence-corrected chi connectivity index (χ3v) is 2.14. The molecule has 0 fully saturated rings. The van der Waals surface area contributed by atoms with Crippen molar-refractivity contribution in [1.82, 2.24) is 5.32 Å². The average molecular weight is 193 g/mol. The smallest absolute Gasteiger partial charge is 0.130 e. The number of allylic oxidation sites excluding steroid dienone is 1.